The third kappa shape index (κ3) is 2.70. The molecule has 3 fully saturated rings. The highest BCUT2D eigenvalue weighted by Gasteiger charge is 2.62. The van der Waals surface area contributed by atoms with Gasteiger partial charge in [-0.15, -0.1) is 0 Å². The van der Waals surface area contributed by atoms with E-state index in [-0.39, 0.29) is 22.8 Å². The topological polar surface area (TPSA) is 58.6 Å². The lowest BCUT2D eigenvalue weighted by molar-refractivity contribution is -0.140. The monoisotopic (exact) mass is 342 g/mol. The van der Waals surface area contributed by atoms with Gasteiger partial charge in [0.15, 0.2) is 0 Å². The lowest BCUT2D eigenvalue weighted by Gasteiger charge is -2.45. The number of hydrogen-bond acceptors (Lipinski definition) is 3. The molecule has 25 heavy (non-hydrogen) atoms. The van der Waals surface area contributed by atoms with Gasteiger partial charge in [-0.1, -0.05) is 29.8 Å². The van der Waals surface area contributed by atoms with E-state index in [1.807, 2.05) is 6.92 Å². The van der Waals surface area contributed by atoms with Crippen LogP contribution in [-0.4, -0.2) is 42.6 Å². The Kier molecular flexibility index (Phi) is 3.60. The van der Waals surface area contributed by atoms with Crippen molar-refractivity contribution in [3.05, 3.63) is 35.4 Å². The number of ether oxygens (including phenoxy) is 1. The summed E-state index contributed by atoms with van der Waals surface area (Å²) in [5, 5.41) is 2.84. The minimum absolute atomic E-state index is 0.0229. The number of piperidine rings is 1. The Morgan fingerprint density at radius 1 is 1.20 bits per heavy atom. The summed E-state index contributed by atoms with van der Waals surface area (Å²) in [6, 6.07) is 8.79. The molecule has 1 aromatic rings. The van der Waals surface area contributed by atoms with Crippen molar-refractivity contribution in [3.63, 3.8) is 0 Å². The van der Waals surface area contributed by atoms with Crippen molar-refractivity contribution < 1.29 is 14.3 Å². The number of rotatable bonds is 3. The summed E-state index contributed by atoms with van der Waals surface area (Å²) in [4.78, 5) is 26.3. The van der Waals surface area contributed by atoms with Gasteiger partial charge in [-0.3, -0.25) is 4.79 Å². The fourth-order valence-electron chi connectivity index (χ4n) is 4.84. The van der Waals surface area contributed by atoms with Crippen LogP contribution in [0.3, 0.4) is 0 Å². The van der Waals surface area contributed by atoms with Crippen LogP contribution in [-0.2, 0) is 14.9 Å². The molecule has 1 aliphatic heterocycles. The number of hydrogen-bond donors (Lipinski definition) is 1. The maximum Gasteiger partial charge on any atom is 0.407 e. The van der Waals surface area contributed by atoms with Crippen LogP contribution in [0.2, 0.25) is 0 Å². The van der Waals surface area contributed by atoms with Crippen LogP contribution >= 0.6 is 0 Å². The molecule has 2 amide bonds. The number of fused-ring (bicyclic) bond motifs is 1. The number of nitrogens with zero attached hydrogens (tertiary/aromatic N) is 1. The predicted molar refractivity (Wildman–Crippen MR) is 94.2 cm³/mol. The second-order valence-electron chi connectivity index (χ2n) is 8.42. The first kappa shape index (κ1) is 16.4. The zero-order valence-corrected chi connectivity index (χ0v) is 15.2. The third-order valence-electron chi connectivity index (χ3n) is 6.42. The number of aryl methyl sites for hydroxylation is 1. The molecule has 0 bridgehead atoms. The van der Waals surface area contributed by atoms with Gasteiger partial charge < -0.3 is 15.0 Å². The number of amides is 2. The van der Waals surface area contributed by atoms with Gasteiger partial charge in [-0.05, 0) is 44.6 Å². The van der Waals surface area contributed by atoms with E-state index < -0.39 is 6.09 Å². The van der Waals surface area contributed by atoms with E-state index in [1.54, 1.807) is 0 Å². The van der Waals surface area contributed by atoms with Gasteiger partial charge in [-0.2, -0.15) is 0 Å². The summed E-state index contributed by atoms with van der Waals surface area (Å²) in [5.74, 6) is 0.886. The van der Waals surface area contributed by atoms with Crippen molar-refractivity contribution in [3.8, 4) is 0 Å². The second-order valence-corrected chi connectivity index (χ2v) is 8.42. The Morgan fingerprint density at radius 2 is 1.88 bits per heavy atom. The molecule has 2 unspecified atom stereocenters. The Balaban J connectivity index is 1.37. The van der Waals surface area contributed by atoms with Gasteiger partial charge in [-0.25, -0.2) is 4.79 Å². The Morgan fingerprint density at radius 3 is 2.52 bits per heavy atom. The zero-order valence-electron chi connectivity index (χ0n) is 15.2. The summed E-state index contributed by atoms with van der Waals surface area (Å²) in [6.07, 6.45) is 2.17. The van der Waals surface area contributed by atoms with E-state index in [0.29, 0.717) is 18.8 Å². The first-order valence-corrected chi connectivity index (χ1v) is 9.07. The van der Waals surface area contributed by atoms with Gasteiger partial charge in [0, 0.05) is 30.0 Å². The molecule has 5 nitrogen and oxygen atoms in total. The molecule has 1 heterocycles. The number of benzene rings is 1. The molecular formula is C20H26N2O3. The summed E-state index contributed by atoms with van der Waals surface area (Å²) >= 11 is 0. The zero-order chi connectivity index (χ0) is 17.8. The fraction of sp³-hybridized carbons (Fsp3) is 0.600. The molecule has 0 aromatic heterocycles. The highest BCUT2D eigenvalue weighted by atomic mass is 16.5. The quantitative estimate of drug-likeness (QED) is 0.919. The molecular weight excluding hydrogens is 316 g/mol. The molecule has 134 valence electrons. The highest BCUT2D eigenvalue weighted by Crippen LogP contribution is 2.59. The molecule has 5 heteroatoms. The Labute approximate surface area is 148 Å². The van der Waals surface area contributed by atoms with Gasteiger partial charge in [0.05, 0.1) is 7.11 Å². The van der Waals surface area contributed by atoms with Gasteiger partial charge in [0.1, 0.15) is 0 Å². The molecule has 2 atom stereocenters. The number of nitrogens with one attached hydrogen (secondary N) is 1. The van der Waals surface area contributed by atoms with Crippen LogP contribution in [0.25, 0.3) is 0 Å². The van der Waals surface area contributed by atoms with Crippen molar-refractivity contribution in [2.45, 2.75) is 44.1 Å². The van der Waals surface area contributed by atoms with Gasteiger partial charge in [0.25, 0.3) is 0 Å². The fourth-order valence-corrected chi connectivity index (χ4v) is 4.84. The molecule has 0 spiro atoms. The standard InChI is InChI=1S/C20H26N2O3/c1-13-4-6-15(7-5-13)20-10-16(20)11-22(12-20)17(23)14-8-19(2,9-14)21-18(24)25-3/h4-7,14,16H,8-12H2,1-3H3,(H,21,24). The number of carbonyl (C=O) groups excluding carboxylic acids is 2. The smallest absolute Gasteiger partial charge is 0.407 e. The number of methoxy groups -OCH3 is 1. The lowest BCUT2D eigenvalue weighted by atomic mass is 9.69. The second kappa shape index (κ2) is 5.48. The van der Waals surface area contributed by atoms with Crippen molar-refractivity contribution >= 4 is 12.0 Å². The van der Waals surface area contributed by atoms with E-state index in [0.717, 1.165) is 13.1 Å². The molecule has 1 saturated heterocycles. The van der Waals surface area contributed by atoms with E-state index >= 15 is 0 Å². The first-order valence-electron chi connectivity index (χ1n) is 9.07. The van der Waals surface area contributed by atoms with Gasteiger partial charge >= 0.3 is 6.09 Å². The van der Waals surface area contributed by atoms with Crippen LogP contribution in [0.1, 0.15) is 37.3 Å². The molecule has 3 aliphatic rings. The summed E-state index contributed by atoms with van der Waals surface area (Å²) < 4.78 is 4.66. The van der Waals surface area contributed by atoms with Crippen LogP contribution in [0, 0.1) is 18.8 Å². The summed E-state index contributed by atoms with van der Waals surface area (Å²) in [7, 11) is 1.36. The maximum absolute atomic E-state index is 12.8. The number of alkyl carbamates (subject to hydrolysis) is 1. The Bertz CT molecular complexity index is 708. The van der Waals surface area contributed by atoms with Crippen LogP contribution in [0.4, 0.5) is 4.79 Å². The third-order valence-corrected chi connectivity index (χ3v) is 6.42. The molecule has 2 saturated carbocycles. The lowest BCUT2D eigenvalue weighted by Crippen LogP contribution is -2.58. The van der Waals surface area contributed by atoms with Crippen molar-refractivity contribution in [1.29, 1.82) is 0 Å². The molecule has 2 aliphatic carbocycles. The van der Waals surface area contributed by atoms with E-state index in [2.05, 4.69) is 46.1 Å². The van der Waals surface area contributed by atoms with Crippen LogP contribution < -0.4 is 5.32 Å². The van der Waals surface area contributed by atoms with Crippen LogP contribution in [0.15, 0.2) is 24.3 Å². The summed E-state index contributed by atoms with van der Waals surface area (Å²) in [5.41, 5.74) is 2.53. The van der Waals surface area contributed by atoms with E-state index in [9.17, 15) is 9.59 Å². The van der Waals surface area contributed by atoms with Gasteiger partial charge in [0.2, 0.25) is 5.91 Å². The largest absolute Gasteiger partial charge is 0.453 e. The minimum Gasteiger partial charge on any atom is -0.453 e. The Hall–Kier alpha value is -2.04. The molecule has 1 aromatic carbocycles. The first-order chi connectivity index (χ1) is 11.8. The molecule has 0 radical (unpaired) electrons. The van der Waals surface area contributed by atoms with Crippen molar-refractivity contribution in [2.24, 2.45) is 11.8 Å². The van der Waals surface area contributed by atoms with Crippen molar-refractivity contribution in [1.82, 2.24) is 10.2 Å². The molecule has 4 rings (SSSR count). The van der Waals surface area contributed by atoms with Crippen molar-refractivity contribution in [2.75, 3.05) is 20.2 Å². The average Bonchev–Trinajstić information content (AvgIpc) is 3.13. The summed E-state index contributed by atoms with van der Waals surface area (Å²) in [6.45, 7) is 5.80. The predicted octanol–water partition coefficient (Wildman–Crippen LogP) is 2.62. The van der Waals surface area contributed by atoms with E-state index in [4.69, 9.17) is 0 Å². The number of carbonyl (C=O) groups is 2. The normalized spacial score (nSPS) is 35.6. The molecule has 1 N–H and O–H groups in total. The van der Waals surface area contributed by atoms with E-state index in [1.165, 1.54) is 24.7 Å². The minimum atomic E-state index is -0.422. The SMILES string of the molecule is COC(=O)NC1(C)CC(C(=O)N2CC3CC3(c3ccc(C)cc3)C2)C1. The average molecular weight is 342 g/mol. The highest BCUT2D eigenvalue weighted by molar-refractivity contribution is 5.82. The van der Waals surface area contributed by atoms with Crippen LogP contribution in [0.5, 0.6) is 0 Å². The number of likely N-dealkylation sites (tertiary alicyclic amines) is 1. The maximum atomic E-state index is 12.8.